The fourth-order valence-corrected chi connectivity index (χ4v) is 3.93. The molecule has 3 aromatic rings. The summed E-state index contributed by atoms with van der Waals surface area (Å²) >= 11 is 1.42. The van der Waals surface area contributed by atoms with Crippen LogP contribution in [-0.2, 0) is 27.2 Å². The Kier molecular flexibility index (Phi) is 7.57. The van der Waals surface area contributed by atoms with E-state index in [1.54, 1.807) is 7.11 Å². The second-order valence-corrected chi connectivity index (χ2v) is 7.66. The molecule has 7 heteroatoms. The Morgan fingerprint density at radius 2 is 2.00 bits per heavy atom. The van der Waals surface area contributed by atoms with E-state index in [0.717, 1.165) is 24.2 Å². The van der Waals surface area contributed by atoms with Gasteiger partial charge in [0.1, 0.15) is 6.61 Å². The number of amides is 1. The van der Waals surface area contributed by atoms with Crippen molar-refractivity contribution in [2.45, 2.75) is 26.8 Å². The first-order valence-electron chi connectivity index (χ1n) is 9.61. The van der Waals surface area contributed by atoms with E-state index in [0.29, 0.717) is 18.3 Å². The molecule has 29 heavy (non-hydrogen) atoms. The molecule has 0 saturated carbocycles. The zero-order valence-corrected chi connectivity index (χ0v) is 17.9. The van der Waals surface area contributed by atoms with E-state index in [2.05, 4.69) is 59.0 Å². The highest BCUT2D eigenvalue weighted by Gasteiger charge is 2.14. The lowest BCUT2D eigenvalue weighted by molar-refractivity contribution is -0.121. The number of hydrogen-bond acceptors (Lipinski definition) is 5. The van der Waals surface area contributed by atoms with Gasteiger partial charge in [-0.2, -0.15) is 0 Å². The number of rotatable bonds is 10. The first kappa shape index (κ1) is 21.2. The molecule has 0 aliphatic rings. The molecule has 0 saturated heterocycles. The third kappa shape index (κ3) is 5.76. The van der Waals surface area contributed by atoms with E-state index in [-0.39, 0.29) is 12.5 Å². The number of nitrogens with one attached hydrogen (secondary N) is 1. The summed E-state index contributed by atoms with van der Waals surface area (Å²) in [6.07, 6.45) is 0.984. The number of carbonyl (C=O) groups excluding carboxylic acids is 1. The molecule has 0 spiro atoms. The number of carbonyl (C=O) groups is 1. The molecule has 0 aliphatic heterocycles. The van der Waals surface area contributed by atoms with Gasteiger partial charge in [-0.15, -0.1) is 11.3 Å². The molecule has 0 atom stereocenters. The average molecular weight is 414 g/mol. The van der Waals surface area contributed by atoms with Crippen molar-refractivity contribution in [3.8, 4) is 11.3 Å². The van der Waals surface area contributed by atoms with Crippen molar-refractivity contribution < 1.29 is 14.3 Å². The van der Waals surface area contributed by atoms with Gasteiger partial charge in [-0.1, -0.05) is 30.3 Å². The van der Waals surface area contributed by atoms with Gasteiger partial charge in [0.15, 0.2) is 5.13 Å². The molecular weight excluding hydrogens is 386 g/mol. The number of benzene rings is 1. The third-order valence-electron chi connectivity index (χ3n) is 4.73. The van der Waals surface area contributed by atoms with Crippen LogP contribution in [0, 0.1) is 13.8 Å². The van der Waals surface area contributed by atoms with Gasteiger partial charge in [-0.25, -0.2) is 4.98 Å². The van der Waals surface area contributed by atoms with Crippen LogP contribution in [0.2, 0.25) is 0 Å². The first-order valence-corrected chi connectivity index (χ1v) is 10.5. The Hall–Kier alpha value is -2.48. The molecule has 6 nitrogen and oxygen atoms in total. The van der Waals surface area contributed by atoms with E-state index in [1.165, 1.54) is 28.3 Å². The highest BCUT2D eigenvalue weighted by molar-refractivity contribution is 7.14. The summed E-state index contributed by atoms with van der Waals surface area (Å²) in [6, 6.07) is 12.7. The van der Waals surface area contributed by atoms with Crippen LogP contribution in [0.5, 0.6) is 0 Å². The molecule has 2 heterocycles. The first-order chi connectivity index (χ1) is 14.1. The molecule has 0 aliphatic carbocycles. The molecule has 0 fully saturated rings. The topological polar surface area (TPSA) is 65.4 Å². The predicted octanol–water partition coefficient (Wildman–Crippen LogP) is 4.07. The van der Waals surface area contributed by atoms with Crippen molar-refractivity contribution in [1.29, 1.82) is 0 Å². The van der Waals surface area contributed by atoms with E-state index < -0.39 is 0 Å². The Balaban J connectivity index is 1.63. The van der Waals surface area contributed by atoms with E-state index >= 15 is 0 Å². The maximum Gasteiger partial charge on any atom is 0.252 e. The van der Waals surface area contributed by atoms with Gasteiger partial charge in [-0.05, 0) is 31.9 Å². The Morgan fingerprint density at radius 3 is 2.76 bits per heavy atom. The molecule has 3 rings (SSSR count). The molecule has 2 aromatic heterocycles. The predicted molar refractivity (Wildman–Crippen MR) is 116 cm³/mol. The highest BCUT2D eigenvalue weighted by Crippen LogP contribution is 2.30. The number of thiazole rings is 1. The Labute approximate surface area is 175 Å². The van der Waals surface area contributed by atoms with Gasteiger partial charge >= 0.3 is 0 Å². The van der Waals surface area contributed by atoms with Crippen molar-refractivity contribution in [3.05, 3.63) is 58.7 Å². The van der Waals surface area contributed by atoms with Crippen LogP contribution in [0.15, 0.2) is 41.8 Å². The van der Waals surface area contributed by atoms with Crippen molar-refractivity contribution in [3.63, 3.8) is 0 Å². The number of hydrogen-bond donors (Lipinski definition) is 1. The minimum atomic E-state index is -0.213. The van der Waals surface area contributed by atoms with Gasteiger partial charge in [0.25, 0.3) is 5.91 Å². The summed E-state index contributed by atoms with van der Waals surface area (Å²) in [5.41, 5.74) is 5.70. The van der Waals surface area contributed by atoms with Gasteiger partial charge in [0.05, 0.1) is 18.9 Å². The normalized spacial score (nSPS) is 11.0. The van der Waals surface area contributed by atoms with Gasteiger partial charge in [0.2, 0.25) is 0 Å². The smallest absolute Gasteiger partial charge is 0.252 e. The summed E-state index contributed by atoms with van der Waals surface area (Å²) in [7, 11) is 1.60. The minimum Gasteiger partial charge on any atom is -0.382 e. The average Bonchev–Trinajstić information content (AvgIpc) is 3.28. The SMILES string of the molecule is COCCOCC(=O)Nc1nc(-c2cc(C)n(CCc3ccccc3)c2C)cs1. The van der Waals surface area contributed by atoms with E-state index in [1.807, 2.05) is 11.4 Å². The van der Waals surface area contributed by atoms with Crippen LogP contribution in [0.1, 0.15) is 17.0 Å². The number of aromatic nitrogens is 2. The molecule has 1 amide bonds. The largest absolute Gasteiger partial charge is 0.382 e. The van der Waals surface area contributed by atoms with Crippen LogP contribution in [0.25, 0.3) is 11.3 Å². The summed E-state index contributed by atoms with van der Waals surface area (Å²) in [6.45, 7) is 6.01. The summed E-state index contributed by atoms with van der Waals surface area (Å²) in [5, 5.41) is 5.35. The minimum absolute atomic E-state index is 0.00767. The lowest BCUT2D eigenvalue weighted by atomic mass is 10.1. The fourth-order valence-electron chi connectivity index (χ4n) is 3.21. The van der Waals surface area contributed by atoms with Gasteiger partial charge in [0, 0.05) is 36.0 Å². The number of ether oxygens (including phenoxy) is 2. The highest BCUT2D eigenvalue weighted by atomic mass is 32.1. The number of anilines is 1. The lowest BCUT2D eigenvalue weighted by Gasteiger charge is -2.09. The van der Waals surface area contributed by atoms with Crippen LogP contribution in [0.4, 0.5) is 5.13 Å². The maximum absolute atomic E-state index is 12.0. The molecule has 1 N–H and O–H groups in total. The summed E-state index contributed by atoms with van der Waals surface area (Å²) in [4.78, 5) is 16.5. The second-order valence-electron chi connectivity index (χ2n) is 6.80. The van der Waals surface area contributed by atoms with Crippen LogP contribution >= 0.6 is 11.3 Å². The maximum atomic E-state index is 12.0. The Morgan fingerprint density at radius 1 is 1.21 bits per heavy atom. The standard InChI is InChI=1S/C22H27N3O3S/c1-16-13-19(17(2)25(16)10-9-18-7-5-4-6-8-18)20-15-29-22(23-20)24-21(26)14-28-12-11-27-3/h4-8,13,15H,9-12,14H2,1-3H3,(H,23,24,26). The molecular formula is C22H27N3O3S. The van der Waals surface area contributed by atoms with Crippen molar-refractivity contribution in [2.24, 2.45) is 0 Å². The monoisotopic (exact) mass is 413 g/mol. The Bertz CT molecular complexity index is 934. The molecule has 1 aromatic carbocycles. The summed E-state index contributed by atoms with van der Waals surface area (Å²) in [5.74, 6) is -0.213. The van der Waals surface area contributed by atoms with Crippen molar-refractivity contribution in [2.75, 3.05) is 32.2 Å². The molecule has 0 bridgehead atoms. The number of methoxy groups -OCH3 is 1. The van der Waals surface area contributed by atoms with Gasteiger partial charge in [-0.3, -0.25) is 10.1 Å². The summed E-state index contributed by atoms with van der Waals surface area (Å²) < 4.78 is 12.5. The van der Waals surface area contributed by atoms with Crippen molar-refractivity contribution in [1.82, 2.24) is 9.55 Å². The zero-order chi connectivity index (χ0) is 20.6. The molecule has 0 radical (unpaired) electrons. The zero-order valence-electron chi connectivity index (χ0n) is 17.1. The quantitative estimate of drug-likeness (QED) is 0.509. The number of aryl methyl sites for hydroxylation is 2. The van der Waals surface area contributed by atoms with Crippen molar-refractivity contribution >= 4 is 22.4 Å². The van der Waals surface area contributed by atoms with E-state index in [4.69, 9.17) is 9.47 Å². The lowest BCUT2D eigenvalue weighted by Crippen LogP contribution is -2.19. The van der Waals surface area contributed by atoms with Crippen LogP contribution < -0.4 is 5.32 Å². The van der Waals surface area contributed by atoms with Crippen LogP contribution in [0.3, 0.4) is 0 Å². The van der Waals surface area contributed by atoms with E-state index in [9.17, 15) is 4.79 Å². The van der Waals surface area contributed by atoms with Crippen LogP contribution in [-0.4, -0.2) is 42.4 Å². The second kappa shape index (κ2) is 10.3. The number of nitrogens with zero attached hydrogens (tertiary/aromatic N) is 2. The fraction of sp³-hybridized carbons (Fsp3) is 0.364. The molecule has 154 valence electrons. The third-order valence-corrected chi connectivity index (χ3v) is 5.49. The van der Waals surface area contributed by atoms with Gasteiger partial charge < -0.3 is 14.0 Å². The molecule has 0 unspecified atom stereocenters.